The fourth-order valence-corrected chi connectivity index (χ4v) is 4.27. The van der Waals surface area contributed by atoms with Crippen molar-refractivity contribution in [3.63, 3.8) is 0 Å². The second-order valence-electron chi connectivity index (χ2n) is 5.88. The minimum atomic E-state index is -1.000. The lowest BCUT2D eigenvalue weighted by molar-refractivity contribution is 0.0682. The smallest absolute Gasteiger partial charge is 0.336 e. The van der Waals surface area contributed by atoms with E-state index in [1.807, 2.05) is 28.2 Å². The van der Waals surface area contributed by atoms with E-state index >= 15 is 0 Å². The van der Waals surface area contributed by atoms with Crippen LogP contribution in [-0.2, 0) is 0 Å². The number of hydrogen-bond donors (Lipinski definition) is 3. The van der Waals surface area contributed by atoms with Gasteiger partial charge in [0.1, 0.15) is 0 Å². The monoisotopic (exact) mass is 421 g/mol. The Bertz CT molecular complexity index is 774. The van der Waals surface area contributed by atoms with Gasteiger partial charge in [0.15, 0.2) is 5.96 Å². The molecule has 0 radical (unpaired) electrons. The fraction of sp³-hybridized carbons (Fsp3) is 0.211. The maximum Gasteiger partial charge on any atom is 0.336 e. The van der Waals surface area contributed by atoms with Gasteiger partial charge in [0.2, 0.25) is 0 Å². The Labute approximate surface area is 172 Å². The molecule has 0 saturated carbocycles. The van der Waals surface area contributed by atoms with Gasteiger partial charge in [-0.15, -0.1) is 0 Å². The number of rotatable bonds is 5. The van der Waals surface area contributed by atoms with E-state index in [0.29, 0.717) is 15.8 Å². The van der Waals surface area contributed by atoms with Crippen molar-refractivity contribution < 1.29 is 19.8 Å². The molecule has 0 aliphatic heterocycles. The zero-order chi connectivity index (χ0) is 21.3. The molecule has 0 aliphatic carbocycles. The van der Waals surface area contributed by atoms with Gasteiger partial charge in [-0.1, -0.05) is 45.9 Å². The molecule has 0 fully saturated rings. The topological polar surface area (TPSA) is 105 Å². The number of carbonyl (C=O) groups is 2. The predicted molar refractivity (Wildman–Crippen MR) is 114 cm³/mol. The molecule has 0 bridgehead atoms. The summed E-state index contributed by atoms with van der Waals surface area (Å²) in [5, 5.41) is 25.4. The van der Waals surface area contributed by atoms with E-state index in [-0.39, 0.29) is 11.1 Å². The second kappa shape index (κ2) is 11.3. The standard InChI is InChI=1S/C14H10O4S2.C5H13N3/c15-13(16)9-5-1-3-7-11(9)19-20-12-8-4-2-6-10(12)14(17)18;1-7(2)5(6)8(3)4/h1-8H,(H,15,16)(H,17,18);6H,1-4H3. The lowest BCUT2D eigenvalue weighted by Crippen LogP contribution is -2.34. The highest BCUT2D eigenvalue weighted by Gasteiger charge is 2.13. The summed E-state index contributed by atoms with van der Waals surface area (Å²) in [5.74, 6) is -1.48. The van der Waals surface area contributed by atoms with Crippen molar-refractivity contribution in [3.05, 3.63) is 59.7 Å². The van der Waals surface area contributed by atoms with Gasteiger partial charge in [-0.3, -0.25) is 5.41 Å². The van der Waals surface area contributed by atoms with Crippen LogP contribution in [0.2, 0.25) is 0 Å². The average molecular weight is 422 g/mol. The number of guanidine groups is 1. The molecule has 0 aromatic heterocycles. The second-order valence-corrected chi connectivity index (χ2v) is 8.09. The van der Waals surface area contributed by atoms with Crippen molar-refractivity contribution in [1.82, 2.24) is 9.80 Å². The Hall–Kier alpha value is -2.65. The number of nitrogens with one attached hydrogen (secondary N) is 1. The average Bonchev–Trinajstić information content (AvgIpc) is 2.66. The Morgan fingerprint density at radius 3 is 1.32 bits per heavy atom. The van der Waals surface area contributed by atoms with Crippen LogP contribution in [-0.4, -0.2) is 66.1 Å². The fourth-order valence-electron chi connectivity index (χ4n) is 1.92. The molecule has 2 aromatic rings. The molecule has 0 unspecified atom stereocenters. The van der Waals surface area contributed by atoms with E-state index in [1.54, 1.807) is 46.2 Å². The summed E-state index contributed by atoms with van der Waals surface area (Å²) in [6.45, 7) is 0. The lowest BCUT2D eigenvalue weighted by Gasteiger charge is -2.19. The van der Waals surface area contributed by atoms with Crippen LogP contribution >= 0.6 is 21.6 Å². The molecule has 150 valence electrons. The molecule has 3 N–H and O–H groups in total. The first-order valence-corrected chi connectivity index (χ1v) is 10.2. The van der Waals surface area contributed by atoms with Crippen LogP contribution in [0.25, 0.3) is 0 Å². The van der Waals surface area contributed by atoms with Crippen LogP contribution in [0.15, 0.2) is 58.3 Å². The maximum absolute atomic E-state index is 11.1. The van der Waals surface area contributed by atoms with Crippen LogP contribution in [0.1, 0.15) is 20.7 Å². The highest BCUT2D eigenvalue weighted by atomic mass is 33.1. The van der Waals surface area contributed by atoms with Crippen molar-refractivity contribution in [2.75, 3.05) is 28.2 Å². The molecule has 0 amide bonds. The number of hydrogen-bond acceptors (Lipinski definition) is 5. The van der Waals surface area contributed by atoms with Crippen LogP contribution < -0.4 is 0 Å². The summed E-state index contributed by atoms with van der Waals surface area (Å²) in [5.41, 5.74) is 0.413. The van der Waals surface area contributed by atoms with Gasteiger partial charge in [0.05, 0.1) is 11.1 Å². The molecule has 0 aliphatic rings. The van der Waals surface area contributed by atoms with Gasteiger partial charge < -0.3 is 20.0 Å². The summed E-state index contributed by atoms with van der Waals surface area (Å²) in [6.07, 6.45) is 0. The van der Waals surface area contributed by atoms with E-state index in [2.05, 4.69) is 0 Å². The number of nitrogens with zero attached hydrogens (tertiary/aromatic N) is 2. The van der Waals surface area contributed by atoms with Crippen molar-refractivity contribution in [3.8, 4) is 0 Å². The normalized spacial score (nSPS) is 9.71. The molecule has 9 heteroatoms. The van der Waals surface area contributed by atoms with Gasteiger partial charge in [0, 0.05) is 38.0 Å². The highest BCUT2D eigenvalue weighted by molar-refractivity contribution is 8.76. The molecule has 7 nitrogen and oxygen atoms in total. The summed E-state index contributed by atoms with van der Waals surface area (Å²) in [7, 11) is 9.86. The molecule has 0 spiro atoms. The van der Waals surface area contributed by atoms with Crippen LogP contribution in [0, 0.1) is 5.41 Å². The first-order valence-electron chi connectivity index (χ1n) is 8.07. The Morgan fingerprint density at radius 1 is 0.750 bits per heavy atom. The molecule has 2 aromatic carbocycles. The van der Waals surface area contributed by atoms with Crippen molar-refractivity contribution >= 4 is 39.5 Å². The number of benzene rings is 2. The third kappa shape index (κ3) is 7.16. The van der Waals surface area contributed by atoms with Crippen LogP contribution in [0.3, 0.4) is 0 Å². The maximum atomic E-state index is 11.1. The first kappa shape index (κ1) is 23.4. The lowest BCUT2D eigenvalue weighted by atomic mass is 10.2. The predicted octanol–water partition coefficient (Wildman–Crippen LogP) is 3.93. The Kier molecular flexibility index (Phi) is 9.40. The van der Waals surface area contributed by atoms with E-state index in [0.717, 1.165) is 0 Å². The zero-order valence-corrected chi connectivity index (χ0v) is 17.7. The SMILES string of the molecule is CN(C)C(=N)N(C)C.O=C(O)c1ccccc1SSc1ccccc1C(=O)O. The summed E-state index contributed by atoms with van der Waals surface area (Å²) < 4.78 is 0. The van der Waals surface area contributed by atoms with Gasteiger partial charge in [0.25, 0.3) is 0 Å². The number of carboxylic acid groups (broad SMARTS) is 2. The third-order valence-electron chi connectivity index (χ3n) is 3.30. The van der Waals surface area contributed by atoms with E-state index in [1.165, 1.54) is 33.7 Å². The van der Waals surface area contributed by atoms with Crippen molar-refractivity contribution in [2.45, 2.75) is 9.79 Å². The van der Waals surface area contributed by atoms with Crippen LogP contribution in [0.4, 0.5) is 0 Å². The summed E-state index contributed by atoms with van der Waals surface area (Å²) >= 11 is 0. The van der Waals surface area contributed by atoms with E-state index in [4.69, 9.17) is 15.6 Å². The Morgan fingerprint density at radius 2 is 1.07 bits per heavy atom. The third-order valence-corrected chi connectivity index (χ3v) is 5.79. The molecule has 0 atom stereocenters. The first-order chi connectivity index (χ1) is 13.1. The Balaban J connectivity index is 0.000000416. The van der Waals surface area contributed by atoms with Gasteiger partial charge >= 0.3 is 11.9 Å². The summed E-state index contributed by atoms with van der Waals surface area (Å²) in [6, 6.07) is 13.3. The number of aromatic carboxylic acids is 2. The van der Waals surface area contributed by atoms with E-state index < -0.39 is 11.9 Å². The quantitative estimate of drug-likeness (QED) is 0.379. The highest BCUT2D eigenvalue weighted by Crippen LogP contribution is 2.40. The van der Waals surface area contributed by atoms with E-state index in [9.17, 15) is 9.59 Å². The minimum absolute atomic E-state index is 0.206. The molecule has 28 heavy (non-hydrogen) atoms. The zero-order valence-electron chi connectivity index (χ0n) is 16.0. The molecular formula is C19H23N3O4S2. The van der Waals surface area contributed by atoms with Gasteiger partial charge in [-0.25, -0.2) is 9.59 Å². The van der Waals surface area contributed by atoms with Crippen LogP contribution in [0.5, 0.6) is 0 Å². The molecule has 0 saturated heterocycles. The van der Waals surface area contributed by atoms with Crippen molar-refractivity contribution in [2.24, 2.45) is 0 Å². The van der Waals surface area contributed by atoms with Gasteiger partial charge in [-0.05, 0) is 24.3 Å². The summed E-state index contributed by atoms with van der Waals surface area (Å²) in [4.78, 5) is 26.9. The number of carboxylic acids is 2. The van der Waals surface area contributed by atoms with Gasteiger partial charge in [-0.2, -0.15) is 0 Å². The van der Waals surface area contributed by atoms with Crippen molar-refractivity contribution in [1.29, 1.82) is 5.41 Å². The molecule has 0 heterocycles. The minimum Gasteiger partial charge on any atom is -0.478 e. The molecular weight excluding hydrogens is 398 g/mol. The largest absolute Gasteiger partial charge is 0.478 e. The molecule has 2 rings (SSSR count).